The van der Waals surface area contributed by atoms with E-state index in [9.17, 15) is 18.0 Å². The van der Waals surface area contributed by atoms with Gasteiger partial charge < -0.3 is 0 Å². The van der Waals surface area contributed by atoms with Gasteiger partial charge in [0.25, 0.3) is 0 Å². The fourth-order valence-corrected chi connectivity index (χ4v) is 1.45. The van der Waals surface area contributed by atoms with Crippen LogP contribution in [-0.2, 0) is 6.18 Å². The zero-order chi connectivity index (χ0) is 10.9. The van der Waals surface area contributed by atoms with Gasteiger partial charge in [-0.15, -0.1) is 0 Å². The van der Waals surface area contributed by atoms with Crippen LogP contribution in [0.15, 0.2) is 22.7 Å². The minimum absolute atomic E-state index is 0.0479. The van der Waals surface area contributed by atoms with Crippen molar-refractivity contribution in [2.24, 2.45) is 0 Å². The second kappa shape index (κ2) is 3.73. The summed E-state index contributed by atoms with van der Waals surface area (Å²) in [7, 11) is 0. The first-order chi connectivity index (χ1) is 6.30. The predicted molar refractivity (Wildman–Crippen MR) is 49.1 cm³/mol. The van der Waals surface area contributed by atoms with E-state index in [1.54, 1.807) is 0 Å². The minimum atomic E-state index is -4.42. The highest BCUT2D eigenvalue weighted by Crippen LogP contribution is 2.32. The van der Waals surface area contributed by atoms with Gasteiger partial charge in [-0.1, -0.05) is 15.9 Å². The highest BCUT2D eigenvalue weighted by atomic mass is 79.9. The summed E-state index contributed by atoms with van der Waals surface area (Å²) >= 11 is 2.92. The van der Waals surface area contributed by atoms with Crippen molar-refractivity contribution >= 4 is 21.7 Å². The molecule has 1 aromatic rings. The van der Waals surface area contributed by atoms with Gasteiger partial charge in [0.05, 0.1) is 5.56 Å². The number of ketones is 1. The van der Waals surface area contributed by atoms with Crippen LogP contribution in [0.4, 0.5) is 13.2 Å². The Kier molecular flexibility index (Phi) is 2.99. The quantitative estimate of drug-likeness (QED) is 0.709. The molecule has 14 heavy (non-hydrogen) atoms. The van der Waals surface area contributed by atoms with Gasteiger partial charge in [-0.2, -0.15) is 13.2 Å². The van der Waals surface area contributed by atoms with Gasteiger partial charge in [-0.25, -0.2) is 0 Å². The van der Waals surface area contributed by atoms with Gasteiger partial charge in [0, 0.05) is 10.0 Å². The fraction of sp³-hybridized carbons (Fsp3) is 0.222. The fourth-order valence-electron chi connectivity index (χ4n) is 0.957. The molecule has 0 aliphatic rings. The summed E-state index contributed by atoms with van der Waals surface area (Å²) in [5.74, 6) is -0.392. The van der Waals surface area contributed by atoms with Gasteiger partial charge in [-0.05, 0) is 25.1 Å². The Morgan fingerprint density at radius 2 is 1.86 bits per heavy atom. The average Bonchev–Trinajstić information content (AvgIpc) is 2.01. The summed E-state index contributed by atoms with van der Waals surface area (Å²) in [6.07, 6.45) is -4.42. The summed E-state index contributed by atoms with van der Waals surface area (Å²) in [4.78, 5) is 10.9. The van der Waals surface area contributed by atoms with E-state index in [4.69, 9.17) is 0 Å². The molecule has 0 unspecified atom stereocenters. The SMILES string of the molecule is CC(=O)c1cc(Br)cc(C(F)(F)F)c1. The zero-order valence-corrected chi connectivity index (χ0v) is 8.74. The monoisotopic (exact) mass is 266 g/mol. The number of carbonyl (C=O) groups excluding carboxylic acids is 1. The summed E-state index contributed by atoms with van der Waals surface area (Å²) in [5.41, 5.74) is -0.774. The molecule has 0 aromatic heterocycles. The van der Waals surface area contributed by atoms with Crippen molar-refractivity contribution in [1.29, 1.82) is 0 Å². The standard InChI is InChI=1S/C9H6BrF3O/c1-5(14)6-2-7(9(11,12)13)4-8(10)3-6/h2-4H,1H3. The van der Waals surface area contributed by atoms with Crippen molar-refractivity contribution in [3.63, 3.8) is 0 Å². The first-order valence-corrected chi connectivity index (χ1v) is 4.49. The number of Topliss-reactive ketones (excluding diaryl/α,β-unsaturated/α-hetero) is 1. The van der Waals surface area contributed by atoms with E-state index in [0.717, 1.165) is 12.1 Å². The Bertz CT molecular complexity index is 371. The molecule has 76 valence electrons. The van der Waals surface area contributed by atoms with Crippen molar-refractivity contribution in [3.05, 3.63) is 33.8 Å². The highest BCUT2D eigenvalue weighted by molar-refractivity contribution is 9.10. The third-order valence-electron chi connectivity index (χ3n) is 1.63. The van der Waals surface area contributed by atoms with E-state index in [1.807, 2.05) is 0 Å². The van der Waals surface area contributed by atoms with Crippen LogP contribution in [0.3, 0.4) is 0 Å². The van der Waals surface area contributed by atoms with Crippen LogP contribution in [0.25, 0.3) is 0 Å². The van der Waals surface area contributed by atoms with Crippen molar-refractivity contribution in [1.82, 2.24) is 0 Å². The summed E-state index contributed by atoms with van der Waals surface area (Å²) in [6.45, 7) is 1.22. The topological polar surface area (TPSA) is 17.1 Å². The molecule has 1 nitrogen and oxygen atoms in total. The molecule has 0 N–H and O–H groups in total. The molecule has 1 rings (SSSR count). The minimum Gasteiger partial charge on any atom is -0.295 e. The molecule has 0 radical (unpaired) electrons. The first-order valence-electron chi connectivity index (χ1n) is 3.69. The van der Waals surface area contributed by atoms with E-state index < -0.39 is 17.5 Å². The molecular weight excluding hydrogens is 261 g/mol. The van der Waals surface area contributed by atoms with Crippen molar-refractivity contribution in [2.75, 3.05) is 0 Å². The second-order valence-corrected chi connectivity index (χ2v) is 3.70. The van der Waals surface area contributed by atoms with Gasteiger partial charge >= 0.3 is 6.18 Å². The van der Waals surface area contributed by atoms with Crippen LogP contribution in [0.2, 0.25) is 0 Å². The molecule has 0 saturated carbocycles. The van der Waals surface area contributed by atoms with Crippen molar-refractivity contribution in [3.8, 4) is 0 Å². The maximum atomic E-state index is 12.3. The molecule has 0 fully saturated rings. The van der Waals surface area contributed by atoms with Crippen LogP contribution in [0.1, 0.15) is 22.8 Å². The summed E-state index contributed by atoms with van der Waals surface area (Å²) in [5, 5.41) is 0. The second-order valence-electron chi connectivity index (χ2n) is 2.78. The lowest BCUT2D eigenvalue weighted by atomic mass is 10.1. The van der Waals surface area contributed by atoms with Crippen molar-refractivity contribution in [2.45, 2.75) is 13.1 Å². The van der Waals surface area contributed by atoms with Crippen LogP contribution < -0.4 is 0 Å². The Hall–Kier alpha value is -0.840. The van der Waals surface area contributed by atoms with Crippen LogP contribution >= 0.6 is 15.9 Å². The number of benzene rings is 1. The first kappa shape index (κ1) is 11.2. The Balaban J connectivity index is 3.28. The third-order valence-corrected chi connectivity index (χ3v) is 2.09. The lowest BCUT2D eigenvalue weighted by Gasteiger charge is -2.08. The molecule has 1 aromatic carbocycles. The van der Waals surface area contributed by atoms with E-state index in [2.05, 4.69) is 15.9 Å². The molecule has 5 heteroatoms. The largest absolute Gasteiger partial charge is 0.416 e. The molecule has 0 bridgehead atoms. The Morgan fingerprint density at radius 1 is 1.29 bits per heavy atom. The summed E-state index contributed by atoms with van der Waals surface area (Å²) in [6, 6.07) is 3.14. The molecule has 0 spiro atoms. The van der Waals surface area contributed by atoms with Gasteiger partial charge in [0.2, 0.25) is 0 Å². The van der Waals surface area contributed by atoms with Gasteiger partial charge in [0.1, 0.15) is 0 Å². The average molecular weight is 267 g/mol. The smallest absolute Gasteiger partial charge is 0.295 e. The van der Waals surface area contributed by atoms with Crippen LogP contribution in [-0.4, -0.2) is 5.78 Å². The number of carbonyl (C=O) groups is 1. The zero-order valence-electron chi connectivity index (χ0n) is 7.15. The molecule has 0 atom stereocenters. The predicted octanol–water partition coefficient (Wildman–Crippen LogP) is 3.67. The highest BCUT2D eigenvalue weighted by Gasteiger charge is 2.31. The van der Waals surface area contributed by atoms with E-state index in [1.165, 1.54) is 13.0 Å². The van der Waals surface area contributed by atoms with Crippen LogP contribution in [0, 0.1) is 0 Å². The van der Waals surface area contributed by atoms with E-state index in [0.29, 0.717) is 0 Å². The number of hydrogen-bond acceptors (Lipinski definition) is 1. The maximum absolute atomic E-state index is 12.3. The molecular formula is C9H6BrF3O. The Labute approximate surface area is 87.1 Å². The van der Waals surface area contributed by atoms with E-state index in [-0.39, 0.29) is 10.0 Å². The lowest BCUT2D eigenvalue weighted by Crippen LogP contribution is -2.06. The number of alkyl halides is 3. The normalized spacial score (nSPS) is 11.5. The van der Waals surface area contributed by atoms with Gasteiger partial charge in [0.15, 0.2) is 5.78 Å². The maximum Gasteiger partial charge on any atom is 0.416 e. The Morgan fingerprint density at radius 3 is 2.29 bits per heavy atom. The summed E-state index contributed by atoms with van der Waals surface area (Å²) < 4.78 is 37.1. The van der Waals surface area contributed by atoms with Crippen LogP contribution in [0.5, 0.6) is 0 Å². The number of halogens is 4. The molecule has 0 aliphatic carbocycles. The molecule has 0 heterocycles. The molecule has 0 saturated heterocycles. The third kappa shape index (κ3) is 2.57. The molecule has 0 amide bonds. The molecule has 0 aliphatic heterocycles. The number of rotatable bonds is 1. The van der Waals surface area contributed by atoms with E-state index >= 15 is 0 Å². The lowest BCUT2D eigenvalue weighted by molar-refractivity contribution is -0.137. The van der Waals surface area contributed by atoms with Gasteiger partial charge in [-0.3, -0.25) is 4.79 Å². The number of hydrogen-bond donors (Lipinski definition) is 0. The van der Waals surface area contributed by atoms with Crippen molar-refractivity contribution < 1.29 is 18.0 Å².